The van der Waals surface area contributed by atoms with Gasteiger partial charge in [-0.15, -0.1) is 16.4 Å². The van der Waals surface area contributed by atoms with Crippen LogP contribution in [0.25, 0.3) is 12.2 Å². The third kappa shape index (κ3) is 4.31. The van der Waals surface area contributed by atoms with Crippen LogP contribution in [0.2, 0.25) is 0 Å². The number of H-pyrrole nitrogens is 1. The van der Waals surface area contributed by atoms with Crippen molar-refractivity contribution in [2.75, 3.05) is 6.54 Å². The van der Waals surface area contributed by atoms with Crippen LogP contribution in [0.4, 0.5) is 0 Å². The topological polar surface area (TPSA) is 61.9 Å². The molecule has 0 radical (unpaired) electrons. The quantitative estimate of drug-likeness (QED) is 0.660. The number of rotatable bonds is 5. The number of hydrogen-bond donors (Lipinski definition) is 1. The standard InChI is InChI=1S/C20H20N4OS2/c1-14(19(25)24-11-9-17-16(13-24)10-12-26-17)27-20-21-18(22-23-20)8-7-15-5-3-2-4-6-15/h2-8,10,12,14H,9,11,13H2,1H3,(H,21,22,23)/b8-7+. The highest BCUT2D eigenvalue weighted by Crippen LogP contribution is 2.27. The zero-order valence-corrected chi connectivity index (χ0v) is 16.6. The third-order valence-electron chi connectivity index (χ3n) is 4.46. The van der Waals surface area contributed by atoms with Crippen molar-refractivity contribution in [3.8, 4) is 0 Å². The summed E-state index contributed by atoms with van der Waals surface area (Å²) in [6, 6.07) is 12.2. The van der Waals surface area contributed by atoms with Crippen molar-refractivity contribution in [1.82, 2.24) is 20.1 Å². The molecule has 0 spiro atoms. The lowest BCUT2D eigenvalue weighted by molar-refractivity contribution is -0.131. The molecule has 5 nitrogen and oxygen atoms in total. The Balaban J connectivity index is 1.36. The molecule has 0 saturated carbocycles. The van der Waals surface area contributed by atoms with Gasteiger partial charge in [-0.1, -0.05) is 48.2 Å². The summed E-state index contributed by atoms with van der Waals surface area (Å²) in [6.07, 6.45) is 4.82. The minimum atomic E-state index is -0.216. The molecule has 0 saturated heterocycles. The molecular weight excluding hydrogens is 376 g/mol. The zero-order valence-electron chi connectivity index (χ0n) is 15.0. The van der Waals surface area contributed by atoms with Crippen LogP contribution < -0.4 is 0 Å². The minimum Gasteiger partial charge on any atom is -0.337 e. The van der Waals surface area contributed by atoms with Gasteiger partial charge in [0.25, 0.3) is 0 Å². The highest BCUT2D eigenvalue weighted by Gasteiger charge is 2.26. The average molecular weight is 397 g/mol. The van der Waals surface area contributed by atoms with E-state index in [2.05, 4.69) is 26.6 Å². The molecule has 1 aliphatic rings. The number of thiophene rings is 1. The van der Waals surface area contributed by atoms with Gasteiger partial charge in [0.05, 0.1) is 5.25 Å². The van der Waals surface area contributed by atoms with Gasteiger partial charge >= 0.3 is 0 Å². The Morgan fingerprint density at radius 1 is 1.30 bits per heavy atom. The van der Waals surface area contributed by atoms with Crippen LogP contribution in [0, 0.1) is 0 Å². The van der Waals surface area contributed by atoms with E-state index in [1.807, 2.05) is 54.3 Å². The van der Waals surface area contributed by atoms with Crippen molar-refractivity contribution in [3.05, 3.63) is 63.6 Å². The molecule has 1 amide bonds. The molecule has 1 atom stereocenters. The summed E-state index contributed by atoms with van der Waals surface area (Å²) in [5.41, 5.74) is 2.38. The Kier molecular flexibility index (Phi) is 5.40. The molecule has 138 valence electrons. The molecule has 1 aliphatic heterocycles. The SMILES string of the molecule is CC(Sc1n[nH]c(/C=C/c2ccccc2)n1)C(=O)N1CCc2sccc2C1. The molecule has 1 unspecified atom stereocenters. The van der Waals surface area contributed by atoms with E-state index in [0.717, 1.165) is 18.5 Å². The predicted molar refractivity (Wildman–Crippen MR) is 111 cm³/mol. The Hall–Kier alpha value is -2.38. The number of fused-ring (bicyclic) bond motifs is 1. The monoisotopic (exact) mass is 396 g/mol. The Morgan fingerprint density at radius 3 is 3.00 bits per heavy atom. The number of amides is 1. The lowest BCUT2D eigenvalue weighted by Gasteiger charge is -2.28. The number of carbonyl (C=O) groups is 1. The fourth-order valence-electron chi connectivity index (χ4n) is 3.03. The number of nitrogens with zero attached hydrogens (tertiary/aromatic N) is 3. The van der Waals surface area contributed by atoms with Gasteiger partial charge in [0.15, 0.2) is 0 Å². The van der Waals surface area contributed by atoms with Gasteiger partial charge in [-0.05, 0) is 42.0 Å². The Bertz CT molecular complexity index is 948. The maximum atomic E-state index is 12.8. The molecular formula is C20H20N4OS2. The van der Waals surface area contributed by atoms with E-state index >= 15 is 0 Å². The summed E-state index contributed by atoms with van der Waals surface area (Å²) in [5, 5.41) is 9.63. The molecule has 7 heteroatoms. The van der Waals surface area contributed by atoms with Gasteiger partial charge < -0.3 is 4.90 Å². The fourth-order valence-corrected chi connectivity index (χ4v) is 4.73. The third-order valence-corrected chi connectivity index (χ3v) is 6.44. The van der Waals surface area contributed by atoms with E-state index in [9.17, 15) is 4.79 Å². The highest BCUT2D eigenvalue weighted by atomic mass is 32.2. The van der Waals surface area contributed by atoms with Crippen molar-refractivity contribution in [1.29, 1.82) is 0 Å². The average Bonchev–Trinajstić information content (AvgIpc) is 3.35. The van der Waals surface area contributed by atoms with E-state index in [-0.39, 0.29) is 11.2 Å². The summed E-state index contributed by atoms with van der Waals surface area (Å²) in [4.78, 5) is 20.6. The minimum absolute atomic E-state index is 0.142. The smallest absolute Gasteiger partial charge is 0.236 e. The second kappa shape index (κ2) is 8.10. The van der Waals surface area contributed by atoms with Gasteiger partial charge in [0, 0.05) is 18.0 Å². The first-order chi connectivity index (χ1) is 13.2. The predicted octanol–water partition coefficient (Wildman–Crippen LogP) is 4.10. The van der Waals surface area contributed by atoms with Crippen LogP contribution in [0.5, 0.6) is 0 Å². The summed E-state index contributed by atoms with van der Waals surface area (Å²) in [6.45, 7) is 3.42. The molecule has 1 aromatic carbocycles. The number of carbonyl (C=O) groups excluding carboxylic acids is 1. The number of nitrogens with one attached hydrogen (secondary N) is 1. The van der Waals surface area contributed by atoms with Gasteiger partial charge in [-0.25, -0.2) is 4.98 Å². The van der Waals surface area contributed by atoms with Crippen molar-refractivity contribution < 1.29 is 4.79 Å². The molecule has 2 aromatic heterocycles. The fraction of sp³-hybridized carbons (Fsp3) is 0.250. The maximum Gasteiger partial charge on any atom is 0.236 e. The molecule has 0 fully saturated rings. The summed E-state index contributed by atoms with van der Waals surface area (Å²) in [5.74, 6) is 0.824. The van der Waals surface area contributed by atoms with E-state index in [1.165, 1.54) is 22.2 Å². The Morgan fingerprint density at radius 2 is 2.15 bits per heavy atom. The normalized spacial score (nSPS) is 15.1. The lowest BCUT2D eigenvalue weighted by atomic mass is 10.1. The number of aromatic nitrogens is 3. The molecule has 27 heavy (non-hydrogen) atoms. The van der Waals surface area contributed by atoms with Crippen LogP contribution in [0.15, 0.2) is 46.9 Å². The highest BCUT2D eigenvalue weighted by molar-refractivity contribution is 8.00. The zero-order chi connectivity index (χ0) is 18.6. The summed E-state index contributed by atoms with van der Waals surface area (Å²) < 4.78 is 0. The van der Waals surface area contributed by atoms with Gasteiger partial charge in [-0.3, -0.25) is 9.89 Å². The maximum absolute atomic E-state index is 12.8. The summed E-state index contributed by atoms with van der Waals surface area (Å²) in [7, 11) is 0. The van der Waals surface area contributed by atoms with E-state index < -0.39 is 0 Å². The lowest BCUT2D eigenvalue weighted by Crippen LogP contribution is -2.39. The van der Waals surface area contributed by atoms with Gasteiger partial charge in [-0.2, -0.15) is 0 Å². The van der Waals surface area contributed by atoms with E-state index in [4.69, 9.17) is 0 Å². The molecule has 1 N–H and O–H groups in total. The van der Waals surface area contributed by atoms with Gasteiger partial charge in [0.2, 0.25) is 11.1 Å². The molecule has 0 aliphatic carbocycles. The number of benzene rings is 1. The summed E-state index contributed by atoms with van der Waals surface area (Å²) >= 11 is 3.18. The van der Waals surface area contributed by atoms with Gasteiger partial charge in [0.1, 0.15) is 5.82 Å². The van der Waals surface area contributed by atoms with E-state index in [0.29, 0.717) is 17.5 Å². The van der Waals surface area contributed by atoms with E-state index in [1.54, 1.807) is 11.3 Å². The molecule has 4 rings (SSSR count). The number of aromatic amines is 1. The van der Waals surface area contributed by atoms with Crippen LogP contribution in [-0.2, 0) is 17.8 Å². The first-order valence-electron chi connectivity index (χ1n) is 8.85. The van der Waals surface area contributed by atoms with Crippen LogP contribution in [-0.4, -0.2) is 37.8 Å². The number of thioether (sulfide) groups is 1. The molecule has 0 bridgehead atoms. The van der Waals surface area contributed by atoms with Crippen molar-refractivity contribution in [2.45, 2.75) is 30.3 Å². The first-order valence-corrected chi connectivity index (χ1v) is 10.6. The van der Waals surface area contributed by atoms with Crippen LogP contribution >= 0.6 is 23.1 Å². The molecule has 3 aromatic rings. The van der Waals surface area contributed by atoms with Crippen LogP contribution in [0.3, 0.4) is 0 Å². The second-order valence-electron chi connectivity index (χ2n) is 6.39. The van der Waals surface area contributed by atoms with Crippen LogP contribution in [0.1, 0.15) is 28.8 Å². The Labute approximate surface area is 166 Å². The van der Waals surface area contributed by atoms with Crippen molar-refractivity contribution >= 4 is 41.2 Å². The molecule has 3 heterocycles. The number of hydrogen-bond acceptors (Lipinski definition) is 5. The first kappa shape index (κ1) is 18.0. The van der Waals surface area contributed by atoms with Crippen molar-refractivity contribution in [2.24, 2.45) is 0 Å². The van der Waals surface area contributed by atoms with Crippen molar-refractivity contribution in [3.63, 3.8) is 0 Å². The largest absolute Gasteiger partial charge is 0.337 e. The second-order valence-corrected chi connectivity index (χ2v) is 8.69.